The number of carbonyl (C=O) groups is 2. The second kappa shape index (κ2) is 7.36. The summed E-state index contributed by atoms with van der Waals surface area (Å²) in [6.07, 6.45) is 5.06. The second-order valence-electron chi connectivity index (χ2n) is 5.98. The molecular formula is C14H26N2O3. The van der Waals surface area contributed by atoms with Crippen LogP contribution >= 0.6 is 0 Å². The molecule has 1 N–H and O–H groups in total. The van der Waals surface area contributed by atoms with Crippen molar-refractivity contribution in [2.75, 3.05) is 19.6 Å². The van der Waals surface area contributed by atoms with Crippen LogP contribution in [0.3, 0.4) is 0 Å². The van der Waals surface area contributed by atoms with Gasteiger partial charge in [0.2, 0.25) is 5.91 Å². The summed E-state index contributed by atoms with van der Waals surface area (Å²) < 4.78 is 5.26. The van der Waals surface area contributed by atoms with Gasteiger partial charge in [-0.05, 0) is 46.5 Å². The van der Waals surface area contributed by atoms with Gasteiger partial charge >= 0.3 is 6.09 Å². The second-order valence-corrected chi connectivity index (χ2v) is 5.98. The Morgan fingerprint density at radius 3 is 2.16 bits per heavy atom. The number of piperidine rings is 1. The van der Waals surface area contributed by atoms with Crippen LogP contribution in [0.15, 0.2) is 0 Å². The maximum Gasteiger partial charge on any atom is 0.410 e. The van der Waals surface area contributed by atoms with Gasteiger partial charge in [-0.15, -0.1) is 0 Å². The summed E-state index contributed by atoms with van der Waals surface area (Å²) in [4.78, 5) is 23.4. The van der Waals surface area contributed by atoms with Crippen molar-refractivity contribution in [3.63, 3.8) is 0 Å². The lowest BCUT2D eigenvalue weighted by atomic mass is 10.1. The van der Waals surface area contributed by atoms with E-state index in [2.05, 4.69) is 5.32 Å². The maximum absolute atomic E-state index is 11.5. The lowest BCUT2D eigenvalue weighted by molar-refractivity contribution is -0.119. The molecule has 2 aliphatic heterocycles. The van der Waals surface area contributed by atoms with E-state index in [-0.39, 0.29) is 17.6 Å². The van der Waals surface area contributed by atoms with Gasteiger partial charge in [-0.25, -0.2) is 4.79 Å². The molecule has 0 aliphatic carbocycles. The van der Waals surface area contributed by atoms with E-state index in [0.717, 1.165) is 45.3 Å². The molecule has 0 unspecified atom stereocenters. The summed E-state index contributed by atoms with van der Waals surface area (Å²) in [6, 6.07) is 0. The molecule has 2 saturated heterocycles. The lowest BCUT2D eigenvalue weighted by Crippen LogP contribution is -2.39. The first-order valence-corrected chi connectivity index (χ1v) is 7.13. The summed E-state index contributed by atoms with van der Waals surface area (Å²) in [5.74, 6) is 0.204. The molecule has 0 radical (unpaired) electrons. The quantitative estimate of drug-likeness (QED) is 0.735. The number of amides is 2. The zero-order valence-corrected chi connectivity index (χ0v) is 12.3. The molecule has 110 valence electrons. The number of ether oxygens (including phenoxy) is 1. The molecule has 0 spiro atoms. The highest BCUT2D eigenvalue weighted by molar-refractivity contribution is 5.77. The van der Waals surface area contributed by atoms with Crippen molar-refractivity contribution >= 4 is 12.0 Å². The van der Waals surface area contributed by atoms with Crippen molar-refractivity contribution in [3.05, 3.63) is 0 Å². The minimum Gasteiger partial charge on any atom is -0.444 e. The van der Waals surface area contributed by atoms with E-state index >= 15 is 0 Å². The molecule has 5 nitrogen and oxygen atoms in total. The third kappa shape index (κ3) is 7.03. The third-order valence-corrected chi connectivity index (χ3v) is 2.91. The highest BCUT2D eigenvalue weighted by Gasteiger charge is 2.22. The van der Waals surface area contributed by atoms with Crippen LogP contribution < -0.4 is 5.32 Å². The SMILES string of the molecule is CC(C)(C)OC(=O)N1CCCCC1.O=C1CCCN1. The highest BCUT2D eigenvalue weighted by atomic mass is 16.6. The molecule has 2 heterocycles. The topological polar surface area (TPSA) is 58.6 Å². The van der Waals surface area contributed by atoms with Crippen molar-refractivity contribution in [2.45, 2.75) is 58.5 Å². The standard InChI is InChI=1S/C10H19NO2.C4H7NO/c1-10(2,3)13-9(12)11-7-5-4-6-8-11;6-4-2-1-3-5-4/h4-8H2,1-3H3;1-3H2,(H,5,6). The summed E-state index contributed by atoms with van der Waals surface area (Å²) in [5, 5.41) is 2.68. The molecule has 2 rings (SSSR count). The molecular weight excluding hydrogens is 244 g/mol. The Kier molecular flexibility index (Phi) is 6.12. The van der Waals surface area contributed by atoms with Gasteiger partial charge < -0.3 is 15.0 Å². The number of carbonyl (C=O) groups excluding carboxylic acids is 2. The van der Waals surface area contributed by atoms with Crippen LogP contribution in [-0.2, 0) is 9.53 Å². The van der Waals surface area contributed by atoms with Crippen LogP contribution in [-0.4, -0.2) is 42.1 Å². The average molecular weight is 270 g/mol. The zero-order valence-electron chi connectivity index (χ0n) is 12.3. The first-order valence-electron chi connectivity index (χ1n) is 7.13. The first-order chi connectivity index (χ1) is 8.88. The Hall–Kier alpha value is -1.26. The zero-order chi connectivity index (χ0) is 14.3. The largest absolute Gasteiger partial charge is 0.444 e. The molecule has 0 aromatic rings. The van der Waals surface area contributed by atoms with E-state index in [1.54, 1.807) is 4.90 Å². The fourth-order valence-electron chi connectivity index (χ4n) is 1.97. The van der Waals surface area contributed by atoms with Gasteiger partial charge in [-0.1, -0.05) is 0 Å². The molecule has 2 amide bonds. The number of nitrogens with one attached hydrogen (secondary N) is 1. The van der Waals surface area contributed by atoms with Crippen molar-refractivity contribution in [1.29, 1.82) is 0 Å². The smallest absolute Gasteiger partial charge is 0.410 e. The molecule has 0 atom stereocenters. The van der Waals surface area contributed by atoms with Gasteiger partial charge in [-0.2, -0.15) is 0 Å². The molecule has 0 aromatic heterocycles. The van der Waals surface area contributed by atoms with Crippen LogP contribution in [0.2, 0.25) is 0 Å². The molecule has 19 heavy (non-hydrogen) atoms. The van der Waals surface area contributed by atoms with Crippen LogP contribution in [0, 0.1) is 0 Å². The third-order valence-electron chi connectivity index (χ3n) is 2.91. The number of nitrogens with zero attached hydrogens (tertiary/aromatic N) is 1. The van der Waals surface area contributed by atoms with Crippen molar-refractivity contribution in [1.82, 2.24) is 10.2 Å². The van der Waals surface area contributed by atoms with E-state index < -0.39 is 0 Å². The van der Waals surface area contributed by atoms with Gasteiger partial charge in [0.25, 0.3) is 0 Å². The van der Waals surface area contributed by atoms with E-state index in [1.165, 1.54) is 6.42 Å². The van der Waals surface area contributed by atoms with Crippen molar-refractivity contribution in [2.24, 2.45) is 0 Å². The summed E-state index contributed by atoms with van der Waals surface area (Å²) in [6.45, 7) is 8.29. The van der Waals surface area contributed by atoms with E-state index in [4.69, 9.17) is 4.74 Å². The lowest BCUT2D eigenvalue weighted by Gasteiger charge is -2.29. The van der Waals surface area contributed by atoms with Gasteiger partial charge in [0, 0.05) is 26.1 Å². The van der Waals surface area contributed by atoms with E-state index in [1.807, 2.05) is 20.8 Å². The van der Waals surface area contributed by atoms with E-state index in [9.17, 15) is 9.59 Å². The monoisotopic (exact) mass is 270 g/mol. The maximum atomic E-state index is 11.5. The average Bonchev–Trinajstić information content (AvgIpc) is 2.80. The number of hydrogen-bond donors (Lipinski definition) is 1. The van der Waals surface area contributed by atoms with Crippen LogP contribution in [0.5, 0.6) is 0 Å². The van der Waals surface area contributed by atoms with Gasteiger partial charge in [0.05, 0.1) is 0 Å². The van der Waals surface area contributed by atoms with Crippen molar-refractivity contribution < 1.29 is 14.3 Å². The Labute approximate surface area is 115 Å². The fraction of sp³-hybridized carbons (Fsp3) is 0.857. The Morgan fingerprint density at radius 1 is 1.16 bits per heavy atom. The van der Waals surface area contributed by atoms with Gasteiger partial charge in [0.15, 0.2) is 0 Å². The van der Waals surface area contributed by atoms with Crippen molar-refractivity contribution in [3.8, 4) is 0 Å². The van der Waals surface area contributed by atoms with Crippen LogP contribution in [0.1, 0.15) is 52.9 Å². The Balaban J connectivity index is 0.000000250. The van der Waals surface area contributed by atoms with Crippen LogP contribution in [0.4, 0.5) is 4.79 Å². The fourth-order valence-corrected chi connectivity index (χ4v) is 1.97. The number of hydrogen-bond acceptors (Lipinski definition) is 3. The predicted octanol–water partition coefficient (Wildman–Crippen LogP) is 2.30. The molecule has 2 aliphatic rings. The van der Waals surface area contributed by atoms with E-state index in [0.29, 0.717) is 0 Å². The molecule has 2 fully saturated rings. The highest BCUT2D eigenvalue weighted by Crippen LogP contribution is 2.14. The van der Waals surface area contributed by atoms with Gasteiger partial charge in [0.1, 0.15) is 5.60 Å². The summed E-state index contributed by atoms with van der Waals surface area (Å²) in [7, 11) is 0. The molecule has 0 saturated carbocycles. The number of rotatable bonds is 0. The minimum atomic E-state index is -0.367. The Morgan fingerprint density at radius 2 is 1.79 bits per heavy atom. The summed E-state index contributed by atoms with van der Waals surface area (Å²) in [5.41, 5.74) is -0.367. The molecule has 0 aromatic carbocycles. The summed E-state index contributed by atoms with van der Waals surface area (Å²) >= 11 is 0. The predicted molar refractivity (Wildman–Crippen MR) is 73.9 cm³/mol. The minimum absolute atomic E-state index is 0.160. The Bertz CT molecular complexity index is 296. The molecule has 5 heteroatoms. The normalized spacial score (nSPS) is 19.3. The van der Waals surface area contributed by atoms with Gasteiger partial charge in [-0.3, -0.25) is 4.79 Å². The van der Waals surface area contributed by atoms with Crippen LogP contribution in [0.25, 0.3) is 0 Å². The molecule has 0 bridgehead atoms. The first kappa shape index (κ1) is 15.8. The number of likely N-dealkylation sites (tertiary alicyclic amines) is 1.